The van der Waals surface area contributed by atoms with Crippen LogP contribution < -0.4 is 9.47 Å². The number of hydrogen-bond donors (Lipinski definition) is 0. The van der Waals surface area contributed by atoms with E-state index in [1.165, 1.54) is 6.08 Å². The molecule has 0 saturated heterocycles. The highest BCUT2D eigenvalue weighted by molar-refractivity contribution is 5.55. The molecule has 0 aromatic heterocycles. The van der Waals surface area contributed by atoms with Gasteiger partial charge in [-0.05, 0) is 17.7 Å². The molecule has 2 aromatic rings. The van der Waals surface area contributed by atoms with E-state index in [4.69, 9.17) is 9.47 Å². The standard InChI is InChI=1S/C15H13NO3/c1-18-15-9-13(16-11-17)7-8-14(15)19-10-12-5-3-2-4-6-12/h2-9H,10H2,1H3. The van der Waals surface area contributed by atoms with Gasteiger partial charge in [-0.15, -0.1) is 0 Å². The zero-order valence-corrected chi connectivity index (χ0v) is 10.5. The molecule has 0 amide bonds. The number of benzene rings is 2. The lowest BCUT2D eigenvalue weighted by Crippen LogP contribution is -1.97. The average Bonchev–Trinajstić information content (AvgIpc) is 2.47. The van der Waals surface area contributed by atoms with Crippen LogP contribution in [0.2, 0.25) is 0 Å². The van der Waals surface area contributed by atoms with Crippen LogP contribution in [-0.2, 0) is 11.4 Å². The predicted octanol–water partition coefficient (Wildman–Crippen LogP) is 3.24. The Labute approximate surface area is 111 Å². The maximum absolute atomic E-state index is 10.2. The van der Waals surface area contributed by atoms with Gasteiger partial charge in [-0.25, -0.2) is 4.79 Å². The first-order valence-corrected chi connectivity index (χ1v) is 5.76. The molecule has 0 aliphatic carbocycles. The van der Waals surface area contributed by atoms with Crippen molar-refractivity contribution in [2.24, 2.45) is 4.99 Å². The summed E-state index contributed by atoms with van der Waals surface area (Å²) in [5.74, 6) is 1.14. The second kappa shape index (κ2) is 6.38. The first kappa shape index (κ1) is 12.9. The Kier molecular flexibility index (Phi) is 4.32. The van der Waals surface area contributed by atoms with Gasteiger partial charge >= 0.3 is 0 Å². The molecule has 0 bridgehead atoms. The van der Waals surface area contributed by atoms with Gasteiger partial charge in [-0.3, -0.25) is 0 Å². The van der Waals surface area contributed by atoms with E-state index in [2.05, 4.69) is 4.99 Å². The summed E-state index contributed by atoms with van der Waals surface area (Å²) < 4.78 is 10.9. The predicted molar refractivity (Wildman–Crippen MR) is 71.5 cm³/mol. The Morgan fingerprint density at radius 2 is 1.89 bits per heavy atom. The van der Waals surface area contributed by atoms with Crippen molar-refractivity contribution in [3.63, 3.8) is 0 Å². The molecular weight excluding hydrogens is 242 g/mol. The zero-order valence-electron chi connectivity index (χ0n) is 10.5. The maximum Gasteiger partial charge on any atom is 0.240 e. The topological polar surface area (TPSA) is 47.9 Å². The molecule has 0 atom stereocenters. The van der Waals surface area contributed by atoms with Gasteiger partial charge in [0.2, 0.25) is 6.08 Å². The summed E-state index contributed by atoms with van der Waals surface area (Å²) in [4.78, 5) is 13.7. The van der Waals surface area contributed by atoms with Crippen LogP contribution in [0.1, 0.15) is 5.56 Å². The minimum Gasteiger partial charge on any atom is -0.493 e. The second-order valence-corrected chi connectivity index (χ2v) is 3.81. The third-order valence-electron chi connectivity index (χ3n) is 2.56. The van der Waals surface area contributed by atoms with Gasteiger partial charge in [0.1, 0.15) is 6.61 Å². The smallest absolute Gasteiger partial charge is 0.240 e. The molecule has 0 N–H and O–H groups in total. The molecule has 4 nitrogen and oxygen atoms in total. The molecule has 0 heterocycles. The molecule has 2 rings (SSSR count). The molecule has 0 saturated carbocycles. The Morgan fingerprint density at radius 1 is 1.11 bits per heavy atom. The van der Waals surface area contributed by atoms with Gasteiger partial charge < -0.3 is 9.47 Å². The van der Waals surface area contributed by atoms with E-state index in [1.54, 1.807) is 25.3 Å². The SMILES string of the molecule is COc1cc(N=C=O)ccc1OCc1ccccc1. The van der Waals surface area contributed by atoms with Gasteiger partial charge in [0.25, 0.3) is 0 Å². The van der Waals surface area contributed by atoms with E-state index >= 15 is 0 Å². The number of carbonyl (C=O) groups excluding carboxylic acids is 1. The third kappa shape index (κ3) is 3.44. The number of ether oxygens (including phenoxy) is 2. The summed E-state index contributed by atoms with van der Waals surface area (Å²) in [6, 6.07) is 14.9. The van der Waals surface area contributed by atoms with Crippen molar-refractivity contribution in [2.45, 2.75) is 6.61 Å². The van der Waals surface area contributed by atoms with Crippen LogP contribution in [0.5, 0.6) is 11.5 Å². The molecule has 0 fully saturated rings. The Balaban J connectivity index is 2.14. The number of methoxy groups -OCH3 is 1. The molecule has 0 aliphatic rings. The van der Waals surface area contributed by atoms with Crippen molar-refractivity contribution in [3.05, 3.63) is 54.1 Å². The van der Waals surface area contributed by atoms with E-state index in [0.717, 1.165) is 5.56 Å². The van der Waals surface area contributed by atoms with Crippen LogP contribution >= 0.6 is 0 Å². The summed E-state index contributed by atoms with van der Waals surface area (Å²) in [6.45, 7) is 0.452. The molecule has 0 unspecified atom stereocenters. The van der Waals surface area contributed by atoms with Crippen LogP contribution in [0.15, 0.2) is 53.5 Å². The number of aliphatic imine (C=N–C) groups is 1. The van der Waals surface area contributed by atoms with Crippen LogP contribution in [0.3, 0.4) is 0 Å². The summed E-state index contributed by atoms with van der Waals surface area (Å²) >= 11 is 0. The van der Waals surface area contributed by atoms with Crippen LogP contribution in [0.25, 0.3) is 0 Å². The van der Waals surface area contributed by atoms with Gasteiger partial charge in [0.15, 0.2) is 11.5 Å². The summed E-state index contributed by atoms with van der Waals surface area (Å²) in [5.41, 5.74) is 1.55. The fourth-order valence-corrected chi connectivity index (χ4v) is 1.63. The van der Waals surface area contributed by atoms with E-state index in [1.807, 2.05) is 30.3 Å². The first-order valence-electron chi connectivity index (χ1n) is 5.76. The molecule has 4 heteroatoms. The molecule has 0 radical (unpaired) electrons. The minimum absolute atomic E-state index is 0.452. The summed E-state index contributed by atoms with van der Waals surface area (Å²) in [6.07, 6.45) is 1.49. The van der Waals surface area contributed by atoms with Crippen molar-refractivity contribution in [1.82, 2.24) is 0 Å². The Morgan fingerprint density at radius 3 is 2.58 bits per heavy atom. The van der Waals surface area contributed by atoms with Crippen molar-refractivity contribution < 1.29 is 14.3 Å². The zero-order chi connectivity index (χ0) is 13.5. The van der Waals surface area contributed by atoms with Crippen LogP contribution in [0.4, 0.5) is 5.69 Å². The van der Waals surface area contributed by atoms with Gasteiger partial charge in [-0.2, -0.15) is 4.99 Å². The lowest BCUT2D eigenvalue weighted by atomic mass is 10.2. The van der Waals surface area contributed by atoms with Crippen molar-refractivity contribution in [2.75, 3.05) is 7.11 Å². The van der Waals surface area contributed by atoms with Crippen LogP contribution in [-0.4, -0.2) is 13.2 Å². The molecule has 0 aliphatic heterocycles. The number of nitrogens with zero attached hydrogens (tertiary/aromatic N) is 1. The maximum atomic E-state index is 10.2. The first-order chi connectivity index (χ1) is 9.33. The minimum atomic E-state index is 0.452. The van der Waals surface area contributed by atoms with Gasteiger partial charge in [0, 0.05) is 6.07 Å². The molecular formula is C15H13NO3. The fraction of sp³-hybridized carbons (Fsp3) is 0.133. The molecule has 2 aromatic carbocycles. The van der Waals surface area contributed by atoms with E-state index in [9.17, 15) is 4.79 Å². The third-order valence-corrected chi connectivity index (χ3v) is 2.56. The lowest BCUT2D eigenvalue weighted by molar-refractivity contribution is 0.284. The molecule has 19 heavy (non-hydrogen) atoms. The molecule has 0 spiro atoms. The fourth-order valence-electron chi connectivity index (χ4n) is 1.63. The quantitative estimate of drug-likeness (QED) is 0.608. The summed E-state index contributed by atoms with van der Waals surface area (Å²) in [5, 5.41) is 0. The second-order valence-electron chi connectivity index (χ2n) is 3.81. The largest absolute Gasteiger partial charge is 0.493 e. The van der Waals surface area contributed by atoms with E-state index in [0.29, 0.717) is 23.8 Å². The molecule has 96 valence electrons. The highest BCUT2D eigenvalue weighted by Crippen LogP contribution is 2.31. The number of isocyanates is 1. The number of rotatable bonds is 5. The van der Waals surface area contributed by atoms with Crippen molar-refractivity contribution in [3.8, 4) is 11.5 Å². The summed E-state index contributed by atoms with van der Waals surface area (Å²) in [7, 11) is 1.54. The lowest BCUT2D eigenvalue weighted by Gasteiger charge is -2.10. The highest BCUT2D eigenvalue weighted by atomic mass is 16.5. The Bertz CT molecular complexity index is 590. The van der Waals surface area contributed by atoms with Crippen LogP contribution in [0, 0.1) is 0 Å². The number of hydrogen-bond acceptors (Lipinski definition) is 4. The Hall–Kier alpha value is -2.58. The van der Waals surface area contributed by atoms with Gasteiger partial charge in [-0.1, -0.05) is 30.3 Å². The highest BCUT2D eigenvalue weighted by Gasteiger charge is 2.05. The monoisotopic (exact) mass is 255 g/mol. The van der Waals surface area contributed by atoms with E-state index in [-0.39, 0.29) is 0 Å². The van der Waals surface area contributed by atoms with Crippen molar-refractivity contribution >= 4 is 11.8 Å². The van der Waals surface area contributed by atoms with Crippen molar-refractivity contribution in [1.29, 1.82) is 0 Å². The van der Waals surface area contributed by atoms with Gasteiger partial charge in [0.05, 0.1) is 12.8 Å². The average molecular weight is 255 g/mol. The normalized spacial score (nSPS) is 9.53. The van der Waals surface area contributed by atoms with E-state index < -0.39 is 0 Å².